The molecule has 1 aliphatic rings. The van der Waals surface area contributed by atoms with Gasteiger partial charge in [0.2, 0.25) is 0 Å². The van der Waals surface area contributed by atoms with Crippen LogP contribution in [-0.2, 0) is 4.74 Å². The lowest BCUT2D eigenvalue weighted by Crippen LogP contribution is -2.47. The molecule has 98 valence electrons. The van der Waals surface area contributed by atoms with Gasteiger partial charge in [0.25, 0.3) is 5.91 Å². The molecule has 1 aliphatic carbocycles. The Hall–Kier alpha value is -1.62. The third-order valence-corrected chi connectivity index (χ3v) is 3.20. The third kappa shape index (κ3) is 2.79. The zero-order chi connectivity index (χ0) is 13.0. The Labute approximate surface area is 107 Å². The number of anilines is 1. The van der Waals surface area contributed by atoms with Gasteiger partial charge in [0, 0.05) is 32.1 Å². The second kappa shape index (κ2) is 5.82. The standard InChI is InChI=1S/C13H19N3O2/c1-3-15-12-4-5-14-8-11(12)13(17)16-9-6-10(7-9)18-2/h4-5,8-10H,3,6-7H2,1-2H3,(H,14,15)(H,16,17). The minimum Gasteiger partial charge on any atom is -0.385 e. The van der Waals surface area contributed by atoms with Crippen molar-refractivity contribution in [3.8, 4) is 0 Å². The Morgan fingerprint density at radius 1 is 1.56 bits per heavy atom. The average molecular weight is 249 g/mol. The van der Waals surface area contributed by atoms with Crippen LogP contribution in [0.15, 0.2) is 18.5 Å². The first-order chi connectivity index (χ1) is 8.74. The van der Waals surface area contributed by atoms with Gasteiger partial charge in [-0.15, -0.1) is 0 Å². The number of rotatable bonds is 5. The number of methoxy groups -OCH3 is 1. The minimum atomic E-state index is -0.0707. The van der Waals surface area contributed by atoms with Gasteiger partial charge in [-0.2, -0.15) is 0 Å². The molecule has 2 rings (SSSR count). The van der Waals surface area contributed by atoms with Gasteiger partial charge in [0.15, 0.2) is 0 Å². The predicted molar refractivity (Wildman–Crippen MR) is 69.7 cm³/mol. The van der Waals surface area contributed by atoms with Crippen molar-refractivity contribution in [1.82, 2.24) is 10.3 Å². The number of carbonyl (C=O) groups is 1. The largest absolute Gasteiger partial charge is 0.385 e. The van der Waals surface area contributed by atoms with Crippen molar-refractivity contribution >= 4 is 11.6 Å². The second-order valence-corrected chi connectivity index (χ2v) is 4.45. The van der Waals surface area contributed by atoms with Crippen LogP contribution < -0.4 is 10.6 Å². The number of hydrogen-bond donors (Lipinski definition) is 2. The molecule has 18 heavy (non-hydrogen) atoms. The van der Waals surface area contributed by atoms with E-state index >= 15 is 0 Å². The monoisotopic (exact) mass is 249 g/mol. The summed E-state index contributed by atoms with van der Waals surface area (Å²) in [5.74, 6) is -0.0707. The number of nitrogens with zero attached hydrogens (tertiary/aromatic N) is 1. The molecule has 1 aromatic heterocycles. The van der Waals surface area contributed by atoms with Gasteiger partial charge in [-0.25, -0.2) is 0 Å². The van der Waals surface area contributed by atoms with Crippen LogP contribution in [0, 0.1) is 0 Å². The maximum absolute atomic E-state index is 12.1. The van der Waals surface area contributed by atoms with Crippen molar-refractivity contribution in [2.24, 2.45) is 0 Å². The van der Waals surface area contributed by atoms with Gasteiger partial charge in [-0.05, 0) is 25.8 Å². The summed E-state index contributed by atoms with van der Waals surface area (Å²) in [5.41, 5.74) is 1.42. The Morgan fingerprint density at radius 2 is 2.33 bits per heavy atom. The predicted octanol–water partition coefficient (Wildman–Crippen LogP) is 1.42. The number of amides is 1. The lowest BCUT2D eigenvalue weighted by molar-refractivity contribution is 0.0176. The van der Waals surface area contributed by atoms with E-state index in [0.717, 1.165) is 25.1 Å². The van der Waals surface area contributed by atoms with Crippen LogP contribution in [0.3, 0.4) is 0 Å². The highest BCUT2D eigenvalue weighted by molar-refractivity contribution is 5.99. The fourth-order valence-corrected chi connectivity index (χ4v) is 2.06. The molecule has 1 aromatic rings. The van der Waals surface area contributed by atoms with Crippen molar-refractivity contribution < 1.29 is 9.53 Å². The Bertz CT molecular complexity index is 416. The van der Waals surface area contributed by atoms with E-state index in [1.807, 2.05) is 13.0 Å². The fourth-order valence-electron chi connectivity index (χ4n) is 2.06. The van der Waals surface area contributed by atoms with Crippen LogP contribution in [0.2, 0.25) is 0 Å². The molecule has 0 aromatic carbocycles. The van der Waals surface area contributed by atoms with Crippen LogP contribution in [0.1, 0.15) is 30.1 Å². The average Bonchev–Trinajstić information content (AvgIpc) is 2.34. The number of aromatic nitrogens is 1. The maximum atomic E-state index is 12.1. The zero-order valence-corrected chi connectivity index (χ0v) is 10.8. The van der Waals surface area contributed by atoms with Crippen LogP contribution in [0.25, 0.3) is 0 Å². The van der Waals surface area contributed by atoms with E-state index in [4.69, 9.17) is 4.74 Å². The Kier molecular flexibility index (Phi) is 4.15. The third-order valence-electron chi connectivity index (χ3n) is 3.20. The first-order valence-corrected chi connectivity index (χ1v) is 6.26. The van der Waals surface area contributed by atoms with Crippen molar-refractivity contribution in [3.63, 3.8) is 0 Å². The molecule has 0 radical (unpaired) electrons. The number of hydrogen-bond acceptors (Lipinski definition) is 4. The zero-order valence-electron chi connectivity index (χ0n) is 10.8. The fraction of sp³-hybridized carbons (Fsp3) is 0.538. The number of nitrogens with one attached hydrogen (secondary N) is 2. The summed E-state index contributed by atoms with van der Waals surface area (Å²) in [6.45, 7) is 2.77. The summed E-state index contributed by atoms with van der Waals surface area (Å²) in [6.07, 6.45) is 5.34. The van der Waals surface area contributed by atoms with Gasteiger partial charge < -0.3 is 15.4 Å². The topological polar surface area (TPSA) is 63.2 Å². The van der Waals surface area contributed by atoms with Crippen LogP contribution >= 0.6 is 0 Å². The van der Waals surface area contributed by atoms with Gasteiger partial charge >= 0.3 is 0 Å². The first kappa shape index (κ1) is 12.8. The van der Waals surface area contributed by atoms with Crippen molar-refractivity contribution in [2.45, 2.75) is 31.9 Å². The van der Waals surface area contributed by atoms with E-state index in [1.54, 1.807) is 19.5 Å². The lowest BCUT2D eigenvalue weighted by atomic mass is 9.89. The molecular weight excluding hydrogens is 230 g/mol. The van der Waals surface area contributed by atoms with Crippen molar-refractivity contribution in [3.05, 3.63) is 24.0 Å². The maximum Gasteiger partial charge on any atom is 0.255 e. The summed E-state index contributed by atoms with van der Waals surface area (Å²) in [5, 5.41) is 6.16. The SMILES string of the molecule is CCNc1ccncc1C(=O)NC1CC(OC)C1. The first-order valence-electron chi connectivity index (χ1n) is 6.26. The summed E-state index contributed by atoms with van der Waals surface area (Å²) in [4.78, 5) is 16.1. The molecule has 1 saturated carbocycles. The van der Waals surface area contributed by atoms with Crippen LogP contribution in [-0.4, -0.2) is 36.7 Å². The Morgan fingerprint density at radius 3 is 3.00 bits per heavy atom. The summed E-state index contributed by atoms with van der Waals surface area (Å²) in [7, 11) is 1.70. The molecule has 0 saturated heterocycles. The summed E-state index contributed by atoms with van der Waals surface area (Å²) < 4.78 is 5.19. The quantitative estimate of drug-likeness (QED) is 0.828. The van der Waals surface area contributed by atoms with E-state index in [2.05, 4.69) is 15.6 Å². The molecule has 2 N–H and O–H groups in total. The summed E-state index contributed by atoms with van der Waals surface area (Å²) in [6, 6.07) is 2.04. The number of carbonyl (C=O) groups excluding carboxylic acids is 1. The van der Waals surface area contributed by atoms with Gasteiger partial charge in [-0.1, -0.05) is 0 Å². The number of ether oxygens (including phenoxy) is 1. The lowest BCUT2D eigenvalue weighted by Gasteiger charge is -2.34. The highest BCUT2D eigenvalue weighted by Crippen LogP contribution is 2.23. The molecule has 0 spiro atoms. The van der Waals surface area contributed by atoms with Gasteiger partial charge in [0.1, 0.15) is 0 Å². The van der Waals surface area contributed by atoms with Crippen LogP contribution in [0.4, 0.5) is 5.69 Å². The molecule has 5 heteroatoms. The highest BCUT2D eigenvalue weighted by Gasteiger charge is 2.30. The molecule has 0 unspecified atom stereocenters. The smallest absolute Gasteiger partial charge is 0.255 e. The van der Waals surface area contributed by atoms with Crippen LogP contribution in [0.5, 0.6) is 0 Å². The minimum absolute atomic E-state index is 0.0707. The van der Waals surface area contributed by atoms with E-state index < -0.39 is 0 Å². The van der Waals surface area contributed by atoms with Crippen molar-refractivity contribution in [2.75, 3.05) is 19.0 Å². The molecule has 1 heterocycles. The number of pyridine rings is 1. The van der Waals surface area contributed by atoms with E-state index in [9.17, 15) is 4.79 Å². The normalized spacial score (nSPS) is 22.1. The molecule has 1 amide bonds. The molecule has 1 fully saturated rings. The molecular formula is C13H19N3O2. The Balaban J connectivity index is 1.96. The van der Waals surface area contributed by atoms with E-state index in [0.29, 0.717) is 5.56 Å². The molecule has 0 atom stereocenters. The van der Waals surface area contributed by atoms with Gasteiger partial charge in [-0.3, -0.25) is 9.78 Å². The molecule has 0 aliphatic heterocycles. The molecule has 0 bridgehead atoms. The van der Waals surface area contributed by atoms with E-state index in [-0.39, 0.29) is 18.1 Å². The van der Waals surface area contributed by atoms with Gasteiger partial charge in [0.05, 0.1) is 17.4 Å². The van der Waals surface area contributed by atoms with Crippen molar-refractivity contribution in [1.29, 1.82) is 0 Å². The molecule has 5 nitrogen and oxygen atoms in total. The highest BCUT2D eigenvalue weighted by atomic mass is 16.5. The second-order valence-electron chi connectivity index (χ2n) is 4.45. The van der Waals surface area contributed by atoms with E-state index in [1.165, 1.54) is 0 Å². The summed E-state index contributed by atoms with van der Waals surface area (Å²) >= 11 is 0.